The summed E-state index contributed by atoms with van der Waals surface area (Å²) in [6.07, 6.45) is 7.52. The van der Waals surface area contributed by atoms with Gasteiger partial charge in [0, 0.05) is 48.3 Å². The summed E-state index contributed by atoms with van der Waals surface area (Å²) in [5, 5.41) is 12.2. The number of pyridine rings is 1. The third-order valence-corrected chi connectivity index (χ3v) is 10.8. The second-order valence-electron chi connectivity index (χ2n) is 11.6. The number of thioether (sulfide) groups is 1. The molecule has 0 saturated carbocycles. The molecule has 43 heavy (non-hydrogen) atoms. The molecule has 3 aromatic heterocycles. The van der Waals surface area contributed by atoms with Crippen molar-refractivity contribution in [2.75, 3.05) is 6.26 Å². The van der Waals surface area contributed by atoms with Crippen molar-refractivity contribution in [2.24, 2.45) is 5.41 Å². The number of H-pyrrole nitrogens is 1. The topological polar surface area (TPSA) is 33.1 Å². The van der Waals surface area contributed by atoms with E-state index in [0.29, 0.717) is 0 Å². The molecule has 0 bridgehead atoms. The monoisotopic (exact) mass is 579 g/mol. The van der Waals surface area contributed by atoms with E-state index < -0.39 is 0 Å². The van der Waals surface area contributed by atoms with Gasteiger partial charge in [0.05, 0.1) is 17.1 Å². The van der Waals surface area contributed by atoms with Crippen molar-refractivity contribution in [3.8, 4) is 22.3 Å². The molecule has 214 valence electrons. The molecule has 4 heteroatoms. The summed E-state index contributed by atoms with van der Waals surface area (Å²) in [6, 6.07) is 32.8. The maximum Gasteiger partial charge on any atom is 0.0826 e. The molecule has 1 N–H and O–H groups in total. The van der Waals surface area contributed by atoms with Gasteiger partial charge in [-0.1, -0.05) is 94.1 Å². The lowest BCUT2D eigenvalue weighted by Crippen LogP contribution is -2.38. The van der Waals surface area contributed by atoms with Gasteiger partial charge < -0.3 is 4.98 Å². The van der Waals surface area contributed by atoms with Crippen LogP contribution in [0.5, 0.6) is 0 Å². The summed E-state index contributed by atoms with van der Waals surface area (Å²) in [7, 11) is 0. The van der Waals surface area contributed by atoms with E-state index in [4.69, 9.17) is 5.10 Å². The molecular weight excluding hydrogens is 543 g/mol. The summed E-state index contributed by atoms with van der Waals surface area (Å²) in [5.74, 6) is 0. The first kappa shape index (κ1) is 27.5. The van der Waals surface area contributed by atoms with Crippen LogP contribution in [0, 0.1) is 5.41 Å². The van der Waals surface area contributed by atoms with Gasteiger partial charge >= 0.3 is 0 Å². The van der Waals surface area contributed by atoms with Crippen LogP contribution in [0.2, 0.25) is 0 Å². The maximum absolute atomic E-state index is 5.10. The smallest absolute Gasteiger partial charge is 0.0826 e. The molecular formula is C39H37N3S. The molecule has 0 saturated heterocycles. The minimum atomic E-state index is 0.0916. The summed E-state index contributed by atoms with van der Waals surface area (Å²) >= 11 is 1.86. The molecule has 0 unspecified atom stereocenters. The Morgan fingerprint density at radius 3 is 2.14 bits per heavy atom. The van der Waals surface area contributed by atoms with Crippen LogP contribution in [0.15, 0.2) is 97.2 Å². The number of para-hydroxylation sites is 1. The second kappa shape index (κ2) is 10.8. The molecule has 4 aromatic carbocycles. The van der Waals surface area contributed by atoms with Crippen molar-refractivity contribution < 1.29 is 0 Å². The Kier molecular flexibility index (Phi) is 6.90. The largest absolute Gasteiger partial charge is 0.355 e. The van der Waals surface area contributed by atoms with Gasteiger partial charge in [-0.25, -0.2) is 4.52 Å². The SMILES string of the molecule is C=c1/c(=C(\SC)C(CC)(CC)CC)n2ncc(-c3cccc(-c4ccc5[nH]c6ccccc6c5c4)c3)c2c2ccccc12. The average molecular weight is 580 g/mol. The van der Waals surface area contributed by atoms with Crippen molar-refractivity contribution in [1.82, 2.24) is 14.6 Å². The molecule has 0 aliphatic heterocycles. The van der Waals surface area contributed by atoms with Gasteiger partial charge in [-0.2, -0.15) is 5.10 Å². The molecule has 0 atom stereocenters. The van der Waals surface area contributed by atoms with Crippen LogP contribution in [0.25, 0.3) is 71.8 Å². The average Bonchev–Trinajstić information content (AvgIpc) is 3.67. The van der Waals surface area contributed by atoms with E-state index in [1.165, 1.54) is 43.1 Å². The van der Waals surface area contributed by atoms with Crippen molar-refractivity contribution in [2.45, 2.75) is 40.0 Å². The highest BCUT2D eigenvalue weighted by Gasteiger charge is 2.30. The zero-order valence-corrected chi connectivity index (χ0v) is 26.2. The Morgan fingerprint density at radius 1 is 0.744 bits per heavy atom. The third-order valence-electron chi connectivity index (χ3n) is 9.72. The lowest BCUT2D eigenvalue weighted by Gasteiger charge is -2.32. The van der Waals surface area contributed by atoms with Gasteiger partial charge in [0.1, 0.15) is 0 Å². The van der Waals surface area contributed by atoms with Crippen molar-refractivity contribution in [3.05, 3.63) is 108 Å². The highest BCUT2D eigenvalue weighted by Crippen LogP contribution is 2.44. The Hall–Kier alpha value is -4.28. The number of nitrogens with zero attached hydrogens (tertiary/aromatic N) is 2. The Balaban J connectivity index is 1.49. The number of rotatable bonds is 7. The van der Waals surface area contributed by atoms with Crippen LogP contribution >= 0.6 is 11.8 Å². The second-order valence-corrected chi connectivity index (χ2v) is 12.4. The zero-order valence-electron chi connectivity index (χ0n) is 25.4. The number of hydrogen-bond acceptors (Lipinski definition) is 2. The van der Waals surface area contributed by atoms with E-state index in [1.807, 2.05) is 11.8 Å². The molecule has 0 aliphatic carbocycles. The molecule has 0 fully saturated rings. The van der Waals surface area contributed by atoms with Crippen LogP contribution in [-0.2, 0) is 0 Å². The van der Waals surface area contributed by atoms with Crippen molar-refractivity contribution >= 4 is 61.3 Å². The normalized spacial score (nSPS) is 13.0. The summed E-state index contributed by atoms with van der Waals surface area (Å²) in [5.41, 5.74) is 8.27. The third kappa shape index (κ3) is 4.23. The van der Waals surface area contributed by atoms with Crippen LogP contribution in [-0.4, -0.2) is 20.9 Å². The Morgan fingerprint density at radius 2 is 1.40 bits per heavy atom. The van der Waals surface area contributed by atoms with Gasteiger partial charge in [0.25, 0.3) is 0 Å². The first-order valence-electron chi connectivity index (χ1n) is 15.3. The van der Waals surface area contributed by atoms with Crippen LogP contribution in [0.1, 0.15) is 40.0 Å². The molecule has 7 aromatic rings. The Bertz CT molecular complexity index is 2260. The van der Waals surface area contributed by atoms with Gasteiger partial charge in [0.15, 0.2) is 0 Å². The number of hydrogen-bond donors (Lipinski definition) is 1. The highest BCUT2D eigenvalue weighted by molar-refractivity contribution is 8.07. The number of nitrogens with one attached hydrogen (secondary N) is 1. The van der Waals surface area contributed by atoms with E-state index in [1.54, 1.807) is 0 Å². The maximum atomic E-state index is 5.10. The van der Waals surface area contributed by atoms with Crippen molar-refractivity contribution in [3.63, 3.8) is 0 Å². The predicted octanol–water partition coefficient (Wildman–Crippen LogP) is 9.55. The molecule has 0 aliphatic rings. The van der Waals surface area contributed by atoms with E-state index in [9.17, 15) is 0 Å². The zero-order chi connectivity index (χ0) is 29.7. The van der Waals surface area contributed by atoms with E-state index in [-0.39, 0.29) is 5.41 Å². The van der Waals surface area contributed by atoms with Crippen LogP contribution < -0.4 is 10.6 Å². The summed E-state index contributed by atoms with van der Waals surface area (Å²) in [4.78, 5) is 4.94. The summed E-state index contributed by atoms with van der Waals surface area (Å²) < 4.78 is 2.19. The van der Waals surface area contributed by atoms with Gasteiger partial charge in [-0.3, -0.25) is 0 Å². The van der Waals surface area contributed by atoms with E-state index >= 15 is 0 Å². The fraction of sp³-hybridized carbons (Fsp3) is 0.205. The molecule has 3 nitrogen and oxygen atoms in total. The molecule has 0 spiro atoms. The Labute approximate surface area is 256 Å². The van der Waals surface area contributed by atoms with Crippen molar-refractivity contribution in [1.29, 1.82) is 0 Å². The van der Waals surface area contributed by atoms with Gasteiger partial charge in [0.2, 0.25) is 0 Å². The fourth-order valence-corrected chi connectivity index (χ4v) is 8.39. The fourth-order valence-electron chi connectivity index (χ4n) is 7.12. The molecule has 3 heterocycles. The van der Waals surface area contributed by atoms with E-state index in [2.05, 4.69) is 140 Å². The predicted molar refractivity (Wildman–Crippen MR) is 188 cm³/mol. The van der Waals surface area contributed by atoms with Crippen LogP contribution in [0.4, 0.5) is 0 Å². The molecule has 0 amide bonds. The number of fused-ring (bicyclic) bond motifs is 6. The van der Waals surface area contributed by atoms with Gasteiger partial charge in [-0.15, -0.1) is 11.8 Å². The van der Waals surface area contributed by atoms with Crippen LogP contribution in [0.3, 0.4) is 0 Å². The minimum absolute atomic E-state index is 0.0916. The number of aromatic nitrogens is 3. The quantitative estimate of drug-likeness (QED) is 0.204. The number of aromatic amines is 1. The molecule has 0 radical (unpaired) electrons. The lowest BCUT2D eigenvalue weighted by atomic mass is 9.79. The van der Waals surface area contributed by atoms with Gasteiger partial charge in [-0.05, 0) is 71.9 Å². The first-order chi connectivity index (χ1) is 21.0. The minimum Gasteiger partial charge on any atom is -0.355 e. The standard InChI is InChI=1S/C39H37N3S/c1-6-39(7-2,8-3)38(43-5)36-25(4)29-16-9-10-18-31(29)37-33(24-40-42(36)37)28-15-13-14-26(22-28)27-20-21-35-32(23-27)30-17-11-12-19-34(30)41-35/h9-24,41H,4,6-8H2,1-3,5H3/b38-36+. The van der Waals surface area contributed by atoms with E-state index in [0.717, 1.165) is 52.0 Å². The number of benzene rings is 4. The summed E-state index contributed by atoms with van der Waals surface area (Å²) in [6.45, 7) is 11.6. The molecule has 7 rings (SSSR count). The highest BCUT2D eigenvalue weighted by atomic mass is 32.2. The first-order valence-corrected chi connectivity index (χ1v) is 16.5. The lowest BCUT2D eigenvalue weighted by molar-refractivity contribution is 0.362.